The molecule has 4 nitrogen and oxygen atoms in total. The van der Waals surface area contributed by atoms with Gasteiger partial charge < -0.3 is 10.4 Å². The van der Waals surface area contributed by atoms with E-state index in [-0.39, 0.29) is 10.6 Å². The first-order valence-corrected chi connectivity index (χ1v) is 5.66. The number of aryl methyl sites for hydroxylation is 1. The van der Waals surface area contributed by atoms with Gasteiger partial charge in [-0.25, -0.2) is 9.78 Å². The quantitative estimate of drug-likeness (QED) is 0.889. The zero-order chi connectivity index (χ0) is 13.1. The number of aromatic carboxylic acids is 1. The molecule has 0 atom stereocenters. The van der Waals surface area contributed by atoms with Crippen LogP contribution in [-0.2, 0) is 0 Å². The van der Waals surface area contributed by atoms with Gasteiger partial charge in [0.15, 0.2) is 0 Å². The van der Waals surface area contributed by atoms with Gasteiger partial charge in [0.1, 0.15) is 5.82 Å². The molecule has 5 heteroatoms. The molecule has 0 radical (unpaired) electrons. The third-order valence-corrected chi connectivity index (χ3v) is 2.70. The zero-order valence-electron chi connectivity index (χ0n) is 9.64. The van der Waals surface area contributed by atoms with Gasteiger partial charge in [0, 0.05) is 11.9 Å². The smallest absolute Gasteiger partial charge is 0.337 e. The summed E-state index contributed by atoms with van der Waals surface area (Å²) >= 11 is 5.87. The SMILES string of the molecule is Cc1ccc(Nc2ccc(C(=O)O)c(Cl)c2)nc1. The fraction of sp³-hybridized carbons (Fsp3) is 0.0769. The predicted molar refractivity (Wildman–Crippen MR) is 70.7 cm³/mol. The Balaban J connectivity index is 2.22. The highest BCUT2D eigenvalue weighted by molar-refractivity contribution is 6.33. The van der Waals surface area contributed by atoms with Crippen LogP contribution in [0.25, 0.3) is 0 Å². The molecule has 0 saturated carbocycles. The van der Waals surface area contributed by atoms with Crippen molar-refractivity contribution >= 4 is 29.1 Å². The maximum Gasteiger partial charge on any atom is 0.337 e. The highest BCUT2D eigenvalue weighted by Gasteiger charge is 2.08. The number of nitrogens with one attached hydrogen (secondary N) is 1. The van der Waals surface area contributed by atoms with Gasteiger partial charge in [0.05, 0.1) is 10.6 Å². The van der Waals surface area contributed by atoms with Gasteiger partial charge in [-0.3, -0.25) is 0 Å². The molecule has 1 aromatic carbocycles. The average Bonchev–Trinajstić information content (AvgIpc) is 2.32. The lowest BCUT2D eigenvalue weighted by atomic mass is 10.2. The minimum atomic E-state index is -1.04. The number of halogens is 1. The largest absolute Gasteiger partial charge is 0.478 e. The molecular formula is C13H11ClN2O2. The van der Waals surface area contributed by atoms with E-state index in [9.17, 15) is 4.79 Å². The van der Waals surface area contributed by atoms with Crippen LogP contribution >= 0.6 is 11.6 Å². The molecular weight excluding hydrogens is 252 g/mol. The molecule has 92 valence electrons. The molecule has 1 heterocycles. The molecule has 0 fully saturated rings. The molecule has 0 aliphatic rings. The topological polar surface area (TPSA) is 62.2 Å². The summed E-state index contributed by atoms with van der Waals surface area (Å²) in [6.45, 7) is 1.95. The first-order chi connectivity index (χ1) is 8.56. The van der Waals surface area contributed by atoms with Crippen LogP contribution in [0, 0.1) is 6.92 Å². The Morgan fingerprint density at radius 1 is 1.33 bits per heavy atom. The summed E-state index contributed by atoms with van der Waals surface area (Å²) in [6.07, 6.45) is 1.75. The second-order valence-electron chi connectivity index (χ2n) is 3.85. The van der Waals surface area contributed by atoms with Crippen molar-refractivity contribution in [3.63, 3.8) is 0 Å². The Hall–Kier alpha value is -2.07. The average molecular weight is 263 g/mol. The van der Waals surface area contributed by atoms with Crippen molar-refractivity contribution < 1.29 is 9.90 Å². The Labute approximate surface area is 109 Å². The lowest BCUT2D eigenvalue weighted by Gasteiger charge is -2.07. The third kappa shape index (κ3) is 2.78. The van der Waals surface area contributed by atoms with E-state index in [0.29, 0.717) is 11.5 Å². The van der Waals surface area contributed by atoms with Gasteiger partial charge in [-0.05, 0) is 36.8 Å². The Morgan fingerprint density at radius 3 is 2.67 bits per heavy atom. The van der Waals surface area contributed by atoms with Crippen molar-refractivity contribution in [2.45, 2.75) is 6.92 Å². The number of carboxylic acid groups (broad SMARTS) is 1. The summed E-state index contributed by atoms with van der Waals surface area (Å²) in [5.41, 5.74) is 1.85. The monoisotopic (exact) mass is 262 g/mol. The number of hydrogen-bond donors (Lipinski definition) is 2. The van der Waals surface area contributed by atoms with Crippen LogP contribution in [0.4, 0.5) is 11.5 Å². The highest BCUT2D eigenvalue weighted by atomic mass is 35.5. The number of carbonyl (C=O) groups is 1. The molecule has 2 N–H and O–H groups in total. The van der Waals surface area contributed by atoms with Crippen LogP contribution in [0.2, 0.25) is 5.02 Å². The van der Waals surface area contributed by atoms with Crippen LogP contribution in [0.1, 0.15) is 15.9 Å². The molecule has 0 saturated heterocycles. The van der Waals surface area contributed by atoms with E-state index in [2.05, 4.69) is 10.3 Å². The molecule has 0 bridgehead atoms. The Bertz CT molecular complexity index is 582. The summed E-state index contributed by atoms with van der Waals surface area (Å²) in [5, 5.41) is 12.1. The van der Waals surface area contributed by atoms with Gasteiger partial charge in [0.2, 0.25) is 0 Å². The number of aromatic nitrogens is 1. The number of benzene rings is 1. The lowest BCUT2D eigenvalue weighted by molar-refractivity contribution is 0.0697. The summed E-state index contributed by atoms with van der Waals surface area (Å²) in [6, 6.07) is 8.45. The zero-order valence-corrected chi connectivity index (χ0v) is 10.4. The lowest BCUT2D eigenvalue weighted by Crippen LogP contribution is -1.99. The van der Waals surface area contributed by atoms with Gasteiger partial charge in [0.25, 0.3) is 0 Å². The summed E-state index contributed by atoms with van der Waals surface area (Å²) in [7, 11) is 0. The second kappa shape index (κ2) is 5.06. The Kier molecular flexibility index (Phi) is 3.48. The van der Waals surface area contributed by atoms with E-state index in [1.165, 1.54) is 6.07 Å². The number of nitrogens with zero attached hydrogens (tertiary/aromatic N) is 1. The summed E-state index contributed by atoms with van der Waals surface area (Å²) < 4.78 is 0. The van der Waals surface area contributed by atoms with Crippen LogP contribution in [0.5, 0.6) is 0 Å². The third-order valence-electron chi connectivity index (χ3n) is 2.38. The van der Waals surface area contributed by atoms with Gasteiger partial charge in [-0.1, -0.05) is 17.7 Å². The van der Waals surface area contributed by atoms with Crippen molar-refractivity contribution in [1.29, 1.82) is 0 Å². The minimum absolute atomic E-state index is 0.0825. The summed E-state index contributed by atoms with van der Waals surface area (Å²) in [4.78, 5) is 15.0. The van der Waals surface area contributed by atoms with E-state index in [4.69, 9.17) is 16.7 Å². The molecule has 0 aliphatic carbocycles. The van der Waals surface area contributed by atoms with Gasteiger partial charge in [-0.2, -0.15) is 0 Å². The van der Waals surface area contributed by atoms with Crippen LogP contribution in [0.15, 0.2) is 36.5 Å². The number of hydrogen-bond acceptors (Lipinski definition) is 3. The van der Waals surface area contributed by atoms with E-state index >= 15 is 0 Å². The standard InChI is InChI=1S/C13H11ClN2O2/c1-8-2-5-12(15-7-8)16-9-3-4-10(13(17)18)11(14)6-9/h2-7H,1H3,(H,15,16)(H,17,18). The molecule has 0 spiro atoms. The highest BCUT2D eigenvalue weighted by Crippen LogP contribution is 2.23. The normalized spacial score (nSPS) is 10.1. The van der Waals surface area contributed by atoms with Crippen molar-refractivity contribution in [3.8, 4) is 0 Å². The predicted octanol–water partition coefficient (Wildman–Crippen LogP) is 3.49. The molecule has 18 heavy (non-hydrogen) atoms. The molecule has 0 amide bonds. The molecule has 2 aromatic rings. The van der Waals surface area contributed by atoms with E-state index in [1.54, 1.807) is 18.3 Å². The first-order valence-electron chi connectivity index (χ1n) is 5.29. The van der Waals surface area contributed by atoms with Crippen LogP contribution in [-0.4, -0.2) is 16.1 Å². The summed E-state index contributed by atoms with van der Waals surface area (Å²) in [5.74, 6) is -0.361. The molecule has 2 rings (SSSR count). The number of anilines is 2. The van der Waals surface area contributed by atoms with Crippen LogP contribution < -0.4 is 5.32 Å². The van der Waals surface area contributed by atoms with E-state index in [1.807, 2.05) is 19.1 Å². The van der Waals surface area contributed by atoms with E-state index < -0.39 is 5.97 Å². The van der Waals surface area contributed by atoms with Gasteiger partial charge >= 0.3 is 5.97 Å². The maximum absolute atomic E-state index is 10.8. The molecule has 1 aromatic heterocycles. The van der Waals surface area contributed by atoms with Crippen molar-refractivity contribution in [1.82, 2.24) is 4.98 Å². The second-order valence-corrected chi connectivity index (χ2v) is 4.25. The number of rotatable bonds is 3. The fourth-order valence-electron chi connectivity index (χ4n) is 1.46. The van der Waals surface area contributed by atoms with Crippen molar-refractivity contribution in [2.24, 2.45) is 0 Å². The fourth-order valence-corrected chi connectivity index (χ4v) is 1.72. The van der Waals surface area contributed by atoms with Crippen molar-refractivity contribution in [3.05, 3.63) is 52.7 Å². The molecule has 0 unspecified atom stereocenters. The molecule has 0 aliphatic heterocycles. The van der Waals surface area contributed by atoms with Gasteiger partial charge in [-0.15, -0.1) is 0 Å². The number of pyridine rings is 1. The maximum atomic E-state index is 10.8. The van der Waals surface area contributed by atoms with E-state index in [0.717, 1.165) is 5.56 Å². The van der Waals surface area contributed by atoms with Crippen molar-refractivity contribution in [2.75, 3.05) is 5.32 Å². The first kappa shape index (κ1) is 12.4. The number of carboxylic acids is 1. The van der Waals surface area contributed by atoms with Crippen LogP contribution in [0.3, 0.4) is 0 Å². The minimum Gasteiger partial charge on any atom is -0.478 e. The Morgan fingerprint density at radius 2 is 2.11 bits per heavy atom.